The third-order valence-corrected chi connectivity index (χ3v) is 2.83. The maximum Gasteiger partial charge on any atom is 0.420 e. The van der Waals surface area contributed by atoms with Gasteiger partial charge in [0.05, 0.1) is 11.0 Å². The summed E-state index contributed by atoms with van der Waals surface area (Å²) >= 11 is 6.06. The summed E-state index contributed by atoms with van der Waals surface area (Å²) < 4.78 is 6.67. The standard InChI is InChI=1S/C13H15ClN2O2/c1-8-5-10-11(6-9(8)14)16(7-15-10)12(17)18-13(2,3)4/h5-7H,1-4H3. The van der Waals surface area contributed by atoms with Gasteiger partial charge in [-0.2, -0.15) is 0 Å². The molecule has 2 aromatic rings. The molecule has 0 amide bonds. The third-order valence-electron chi connectivity index (χ3n) is 2.42. The number of imidazole rings is 1. The van der Waals surface area contributed by atoms with Gasteiger partial charge in [-0.05, 0) is 45.4 Å². The zero-order chi connectivity index (χ0) is 13.5. The van der Waals surface area contributed by atoms with Crippen molar-refractivity contribution in [1.29, 1.82) is 0 Å². The Morgan fingerprint density at radius 2 is 2.06 bits per heavy atom. The Morgan fingerprint density at radius 3 is 2.67 bits per heavy atom. The van der Waals surface area contributed by atoms with Crippen LogP contribution in [0.3, 0.4) is 0 Å². The summed E-state index contributed by atoms with van der Waals surface area (Å²) in [4.78, 5) is 16.2. The molecule has 0 N–H and O–H groups in total. The number of benzene rings is 1. The summed E-state index contributed by atoms with van der Waals surface area (Å²) in [5, 5.41) is 0.604. The predicted octanol–water partition coefficient (Wildman–Crippen LogP) is 3.78. The van der Waals surface area contributed by atoms with Crippen LogP contribution in [0.4, 0.5) is 4.79 Å². The molecule has 18 heavy (non-hydrogen) atoms. The van der Waals surface area contributed by atoms with E-state index < -0.39 is 11.7 Å². The predicted molar refractivity (Wildman–Crippen MR) is 71.1 cm³/mol. The van der Waals surface area contributed by atoms with E-state index in [4.69, 9.17) is 16.3 Å². The third kappa shape index (κ3) is 2.48. The molecule has 0 unspecified atom stereocenters. The number of carbonyl (C=O) groups excluding carboxylic acids is 1. The number of rotatable bonds is 0. The molecule has 0 aliphatic rings. The molecule has 1 aromatic heterocycles. The molecule has 2 rings (SSSR count). The molecule has 0 saturated carbocycles. The topological polar surface area (TPSA) is 44.1 Å². The number of halogens is 1. The second-order valence-electron chi connectivity index (χ2n) is 5.19. The molecule has 5 heteroatoms. The smallest absolute Gasteiger partial charge is 0.420 e. The van der Waals surface area contributed by atoms with Crippen LogP contribution in [0.25, 0.3) is 11.0 Å². The maximum absolute atomic E-state index is 12.0. The van der Waals surface area contributed by atoms with Crippen LogP contribution in [0.5, 0.6) is 0 Å². The van der Waals surface area contributed by atoms with Crippen LogP contribution in [-0.2, 0) is 4.74 Å². The Kier molecular flexibility index (Phi) is 3.07. The highest BCUT2D eigenvalue weighted by Crippen LogP contribution is 2.23. The van der Waals surface area contributed by atoms with Gasteiger partial charge in [0, 0.05) is 5.02 Å². The van der Waals surface area contributed by atoms with Crippen molar-refractivity contribution in [2.45, 2.75) is 33.3 Å². The first-order chi connectivity index (χ1) is 8.28. The summed E-state index contributed by atoms with van der Waals surface area (Å²) in [6, 6.07) is 3.57. The van der Waals surface area contributed by atoms with Gasteiger partial charge in [-0.3, -0.25) is 0 Å². The molecule has 0 bridgehead atoms. The molecule has 96 valence electrons. The highest BCUT2D eigenvalue weighted by Gasteiger charge is 2.19. The fourth-order valence-electron chi connectivity index (χ4n) is 1.59. The number of ether oxygens (including phenoxy) is 1. The monoisotopic (exact) mass is 266 g/mol. The van der Waals surface area contributed by atoms with E-state index in [1.807, 2.05) is 33.8 Å². The first kappa shape index (κ1) is 12.9. The molecular weight excluding hydrogens is 252 g/mol. The van der Waals surface area contributed by atoms with Crippen LogP contribution in [0.1, 0.15) is 26.3 Å². The van der Waals surface area contributed by atoms with Crippen LogP contribution in [0, 0.1) is 6.92 Å². The highest BCUT2D eigenvalue weighted by molar-refractivity contribution is 6.32. The number of fused-ring (bicyclic) bond motifs is 1. The number of hydrogen-bond donors (Lipinski definition) is 0. The van der Waals surface area contributed by atoms with Gasteiger partial charge in [-0.1, -0.05) is 11.6 Å². The quantitative estimate of drug-likeness (QED) is 0.729. The zero-order valence-electron chi connectivity index (χ0n) is 10.8. The van der Waals surface area contributed by atoms with E-state index in [1.165, 1.54) is 10.9 Å². The lowest BCUT2D eigenvalue weighted by Gasteiger charge is -2.19. The molecule has 0 aliphatic heterocycles. The Hall–Kier alpha value is -1.55. The summed E-state index contributed by atoms with van der Waals surface area (Å²) in [6.45, 7) is 7.36. The van der Waals surface area contributed by atoms with Gasteiger partial charge >= 0.3 is 6.09 Å². The van der Waals surface area contributed by atoms with Gasteiger partial charge in [0.2, 0.25) is 0 Å². The van der Waals surface area contributed by atoms with E-state index in [1.54, 1.807) is 6.07 Å². The number of aromatic nitrogens is 2. The molecule has 0 fully saturated rings. The second kappa shape index (κ2) is 4.28. The van der Waals surface area contributed by atoms with E-state index in [-0.39, 0.29) is 0 Å². The van der Waals surface area contributed by atoms with Crippen molar-refractivity contribution >= 4 is 28.7 Å². The van der Waals surface area contributed by atoms with Crippen molar-refractivity contribution < 1.29 is 9.53 Å². The highest BCUT2D eigenvalue weighted by atomic mass is 35.5. The number of carbonyl (C=O) groups is 1. The number of aryl methyl sites for hydroxylation is 1. The van der Waals surface area contributed by atoms with Gasteiger partial charge in [-0.15, -0.1) is 0 Å². The summed E-state index contributed by atoms with van der Waals surface area (Å²) in [5.41, 5.74) is 1.77. The average molecular weight is 267 g/mol. The van der Waals surface area contributed by atoms with Crippen LogP contribution >= 0.6 is 11.6 Å². The molecule has 0 spiro atoms. The van der Waals surface area contributed by atoms with Crippen molar-refractivity contribution in [1.82, 2.24) is 9.55 Å². The molecule has 1 aromatic carbocycles. The fourth-order valence-corrected chi connectivity index (χ4v) is 1.75. The van der Waals surface area contributed by atoms with Crippen LogP contribution in [-0.4, -0.2) is 21.2 Å². The van der Waals surface area contributed by atoms with Crippen LogP contribution in [0.2, 0.25) is 5.02 Å². The minimum absolute atomic E-state index is 0.454. The van der Waals surface area contributed by atoms with Gasteiger partial charge in [0.15, 0.2) is 0 Å². The Balaban J connectivity index is 2.46. The fraction of sp³-hybridized carbons (Fsp3) is 0.385. The second-order valence-corrected chi connectivity index (χ2v) is 5.59. The molecule has 0 aliphatic carbocycles. The van der Waals surface area contributed by atoms with Gasteiger partial charge in [0.25, 0.3) is 0 Å². The van der Waals surface area contributed by atoms with Gasteiger partial charge < -0.3 is 4.74 Å². The Bertz CT molecular complexity index is 611. The van der Waals surface area contributed by atoms with Crippen LogP contribution in [0.15, 0.2) is 18.5 Å². The first-order valence-corrected chi connectivity index (χ1v) is 6.02. The molecule has 4 nitrogen and oxygen atoms in total. The lowest BCUT2D eigenvalue weighted by atomic mass is 10.2. The largest absolute Gasteiger partial charge is 0.443 e. The average Bonchev–Trinajstić information content (AvgIpc) is 2.59. The first-order valence-electron chi connectivity index (χ1n) is 5.64. The SMILES string of the molecule is Cc1cc2ncn(C(=O)OC(C)(C)C)c2cc1Cl. The molecule has 0 atom stereocenters. The van der Waals surface area contributed by atoms with Crippen molar-refractivity contribution in [3.8, 4) is 0 Å². The van der Waals surface area contributed by atoms with Crippen molar-refractivity contribution in [2.75, 3.05) is 0 Å². The van der Waals surface area contributed by atoms with Crippen molar-refractivity contribution in [2.24, 2.45) is 0 Å². The molecule has 1 heterocycles. The minimum Gasteiger partial charge on any atom is -0.443 e. The summed E-state index contributed by atoms with van der Waals surface area (Å²) in [7, 11) is 0. The molecule has 0 saturated heterocycles. The van der Waals surface area contributed by atoms with Gasteiger partial charge in [0.1, 0.15) is 11.9 Å². The van der Waals surface area contributed by atoms with E-state index in [0.717, 1.165) is 11.1 Å². The van der Waals surface area contributed by atoms with E-state index in [9.17, 15) is 4.79 Å². The maximum atomic E-state index is 12.0. The van der Waals surface area contributed by atoms with Crippen LogP contribution < -0.4 is 0 Å². The summed E-state index contributed by atoms with van der Waals surface area (Å²) in [5.74, 6) is 0. The number of hydrogen-bond acceptors (Lipinski definition) is 3. The van der Waals surface area contributed by atoms with Crippen molar-refractivity contribution in [3.05, 3.63) is 29.0 Å². The normalized spacial score (nSPS) is 11.8. The molecular formula is C13H15ClN2O2. The Morgan fingerprint density at radius 1 is 1.39 bits per heavy atom. The lowest BCUT2D eigenvalue weighted by molar-refractivity contribution is 0.0543. The van der Waals surface area contributed by atoms with E-state index >= 15 is 0 Å². The zero-order valence-corrected chi connectivity index (χ0v) is 11.6. The Labute approximate surface area is 111 Å². The molecule has 0 radical (unpaired) electrons. The van der Waals surface area contributed by atoms with E-state index in [0.29, 0.717) is 10.5 Å². The minimum atomic E-state index is -0.540. The lowest BCUT2D eigenvalue weighted by Crippen LogP contribution is -2.26. The van der Waals surface area contributed by atoms with Crippen molar-refractivity contribution in [3.63, 3.8) is 0 Å². The summed E-state index contributed by atoms with van der Waals surface area (Å²) in [6.07, 6.45) is 0.999. The van der Waals surface area contributed by atoms with Gasteiger partial charge in [-0.25, -0.2) is 14.3 Å². The van der Waals surface area contributed by atoms with E-state index in [2.05, 4.69) is 4.98 Å². The number of nitrogens with zero attached hydrogens (tertiary/aromatic N) is 2.